The van der Waals surface area contributed by atoms with Crippen molar-refractivity contribution in [2.75, 3.05) is 0 Å². The molecule has 0 aliphatic carbocycles. The Labute approximate surface area is 113 Å². The van der Waals surface area contributed by atoms with Crippen molar-refractivity contribution in [1.29, 1.82) is 0 Å². The van der Waals surface area contributed by atoms with Crippen LogP contribution in [-0.2, 0) is 10.1 Å². The summed E-state index contributed by atoms with van der Waals surface area (Å²) in [7, 11) is -4.32. The van der Waals surface area contributed by atoms with Crippen LogP contribution in [0.3, 0.4) is 0 Å². The molecule has 0 aliphatic rings. The van der Waals surface area contributed by atoms with Crippen molar-refractivity contribution in [2.24, 2.45) is 0 Å². The molecule has 2 rings (SSSR count). The molecule has 0 atom stereocenters. The highest BCUT2D eigenvalue weighted by atomic mass is 35.5. The van der Waals surface area contributed by atoms with Gasteiger partial charge < -0.3 is 4.18 Å². The van der Waals surface area contributed by atoms with Gasteiger partial charge in [-0.1, -0.05) is 23.7 Å². The van der Waals surface area contributed by atoms with E-state index in [1.54, 1.807) is 0 Å². The maximum absolute atomic E-state index is 13.3. The zero-order valence-corrected chi connectivity index (χ0v) is 10.9. The number of hydrogen-bond donors (Lipinski definition) is 0. The summed E-state index contributed by atoms with van der Waals surface area (Å²) >= 11 is 5.63. The van der Waals surface area contributed by atoms with Crippen LogP contribution in [0, 0.1) is 11.6 Å². The Morgan fingerprint density at radius 3 is 2.37 bits per heavy atom. The summed E-state index contributed by atoms with van der Waals surface area (Å²) in [5.41, 5.74) is 0. The first-order valence-corrected chi connectivity index (χ1v) is 6.83. The molecule has 0 fully saturated rings. The van der Waals surface area contributed by atoms with Gasteiger partial charge in [0.1, 0.15) is 10.7 Å². The van der Waals surface area contributed by atoms with Gasteiger partial charge in [0, 0.05) is 0 Å². The van der Waals surface area contributed by atoms with Crippen molar-refractivity contribution >= 4 is 21.7 Å². The highest BCUT2D eigenvalue weighted by Crippen LogP contribution is 2.26. The molecule has 100 valence electrons. The fourth-order valence-electron chi connectivity index (χ4n) is 1.35. The maximum Gasteiger partial charge on any atom is 0.340 e. The maximum atomic E-state index is 13.3. The fourth-order valence-corrected chi connectivity index (χ4v) is 2.80. The minimum Gasteiger partial charge on any atom is -0.376 e. The minimum absolute atomic E-state index is 0.337. The molecule has 0 bridgehead atoms. The van der Waals surface area contributed by atoms with Gasteiger partial charge in [0.15, 0.2) is 11.6 Å². The lowest BCUT2D eigenvalue weighted by Crippen LogP contribution is -2.11. The number of para-hydroxylation sites is 1. The van der Waals surface area contributed by atoms with Gasteiger partial charge in [0.25, 0.3) is 0 Å². The first kappa shape index (κ1) is 13.8. The fraction of sp³-hybridized carbons (Fsp3) is 0. The molecule has 7 heteroatoms. The zero-order chi connectivity index (χ0) is 14.0. The summed E-state index contributed by atoms with van der Waals surface area (Å²) in [5.74, 6) is -1.97. The van der Waals surface area contributed by atoms with E-state index in [4.69, 9.17) is 11.6 Å². The molecule has 0 saturated carbocycles. The molecule has 0 spiro atoms. The molecular weight excluding hydrogens is 298 g/mol. The highest BCUT2D eigenvalue weighted by Gasteiger charge is 2.22. The Hall–Kier alpha value is -1.66. The van der Waals surface area contributed by atoms with Crippen LogP contribution < -0.4 is 4.18 Å². The zero-order valence-electron chi connectivity index (χ0n) is 9.31. The van der Waals surface area contributed by atoms with Crippen LogP contribution in [0.1, 0.15) is 0 Å². The molecule has 2 aromatic carbocycles. The number of benzene rings is 2. The van der Waals surface area contributed by atoms with Crippen LogP contribution in [0.2, 0.25) is 5.02 Å². The smallest absolute Gasteiger partial charge is 0.340 e. The molecule has 3 nitrogen and oxygen atoms in total. The van der Waals surface area contributed by atoms with Crippen molar-refractivity contribution in [3.63, 3.8) is 0 Å². The van der Waals surface area contributed by atoms with Gasteiger partial charge in [-0.25, -0.2) is 8.78 Å². The Morgan fingerprint density at radius 2 is 1.74 bits per heavy atom. The first-order chi connectivity index (χ1) is 8.90. The van der Waals surface area contributed by atoms with Crippen molar-refractivity contribution in [1.82, 2.24) is 0 Å². The van der Waals surface area contributed by atoms with Crippen molar-refractivity contribution in [3.05, 3.63) is 59.1 Å². The lowest BCUT2D eigenvalue weighted by molar-refractivity contribution is 0.461. The summed E-state index contributed by atoms with van der Waals surface area (Å²) in [6.45, 7) is 0. The second-order valence-electron chi connectivity index (χ2n) is 3.54. The van der Waals surface area contributed by atoms with Gasteiger partial charge >= 0.3 is 10.1 Å². The molecule has 0 heterocycles. The van der Waals surface area contributed by atoms with E-state index in [2.05, 4.69) is 4.18 Å². The summed E-state index contributed by atoms with van der Waals surface area (Å²) in [5, 5.41) is -0.337. The predicted octanol–water partition coefficient (Wildman–Crippen LogP) is 3.39. The van der Waals surface area contributed by atoms with Crippen molar-refractivity contribution in [3.8, 4) is 5.75 Å². The van der Waals surface area contributed by atoms with E-state index < -0.39 is 32.4 Å². The normalized spacial score (nSPS) is 11.3. The second kappa shape index (κ2) is 5.14. The van der Waals surface area contributed by atoms with Crippen LogP contribution in [0.4, 0.5) is 8.78 Å². The van der Waals surface area contributed by atoms with Crippen LogP contribution in [-0.4, -0.2) is 8.42 Å². The Morgan fingerprint density at radius 1 is 1.05 bits per heavy atom. The minimum atomic E-state index is -4.32. The third-order valence-corrected chi connectivity index (χ3v) is 3.92. The SMILES string of the molecule is O=S(=O)(Oc1ccccc1F)c1ccc(F)cc1Cl. The molecule has 19 heavy (non-hydrogen) atoms. The molecular formula is C12H7ClF2O3S. The van der Waals surface area contributed by atoms with Crippen LogP contribution in [0.5, 0.6) is 5.75 Å². The molecule has 2 aromatic rings. The van der Waals surface area contributed by atoms with E-state index >= 15 is 0 Å². The Bertz CT molecular complexity index is 717. The number of rotatable bonds is 3. The number of halogens is 3. The lowest BCUT2D eigenvalue weighted by Gasteiger charge is -2.08. The van der Waals surface area contributed by atoms with Crippen LogP contribution >= 0.6 is 11.6 Å². The summed E-state index contributed by atoms with van der Waals surface area (Å²) in [4.78, 5) is -0.432. The van der Waals surface area contributed by atoms with Gasteiger partial charge in [0.05, 0.1) is 5.02 Å². The van der Waals surface area contributed by atoms with E-state index in [-0.39, 0.29) is 5.02 Å². The van der Waals surface area contributed by atoms with E-state index in [0.717, 1.165) is 30.3 Å². The average Bonchev–Trinajstić information content (AvgIpc) is 2.31. The summed E-state index contributed by atoms with van der Waals surface area (Å²) in [6.07, 6.45) is 0. The van der Waals surface area contributed by atoms with Gasteiger partial charge in [-0.2, -0.15) is 8.42 Å². The standard InChI is InChI=1S/C12H7ClF2O3S/c13-9-7-8(14)5-6-12(9)19(16,17)18-11-4-2-1-3-10(11)15/h1-7H. The van der Waals surface area contributed by atoms with Gasteiger partial charge in [-0.15, -0.1) is 0 Å². The second-order valence-corrected chi connectivity index (χ2v) is 5.46. The third kappa shape index (κ3) is 3.02. The van der Waals surface area contributed by atoms with Crippen molar-refractivity contribution in [2.45, 2.75) is 4.90 Å². The quantitative estimate of drug-likeness (QED) is 0.816. The van der Waals surface area contributed by atoms with E-state index in [1.165, 1.54) is 12.1 Å². The number of hydrogen-bond acceptors (Lipinski definition) is 3. The molecule has 0 amide bonds. The van der Waals surface area contributed by atoms with Gasteiger partial charge in [-0.05, 0) is 30.3 Å². The van der Waals surface area contributed by atoms with Crippen LogP contribution in [0.15, 0.2) is 47.4 Å². The predicted molar refractivity (Wildman–Crippen MR) is 65.6 cm³/mol. The van der Waals surface area contributed by atoms with E-state index in [0.29, 0.717) is 0 Å². The largest absolute Gasteiger partial charge is 0.376 e. The average molecular weight is 305 g/mol. The topological polar surface area (TPSA) is 43.4 Å². The molecule has 0 unspecified atom stereocenters. The Kier molecular flexibility index (Phi) is 3.73. The van der Waals surface area contributed by atoms with Crippen LogP contribution in [0.25, 0.3) is 0 Å². The van der Waals surface area contributed by atoms with Gasteiger partial charge in [-0.3, -0.25) is 0 Å². The van der Waals surface area contributed by atoms with E-state index in [9.17, 15) is 17.2 Å². The lowest BCUT2D eigenvalue weighted by atomic mass is 10.3. The molecule has 0 N–H and O–H groups in total. The highest BCUT2D eigenvalue weighted by molar-refractivity contribution is 7.87. The molecule has 0 saturated heterocycles. The monoisotopic (exact) mass is 304 g/mol. The summed E-state index contributed by atoms with van der Waals surface area (Å²) < 4.78 is 54.6. The molecule has 0 radical (unpaired) electrons. The van der Waals surface area contributed by atoms with Gasteiger partial charge in [0.2, 0.25) is 0 Å². The van der Waals surface area contributed by atoms with Crippen molar-refractivity contribution < 1.29 is 21.4 Å². The first-order valence-electron chi connectivity index (χ1n) is 5.04. The van der Waals surface area contributed by atoms with E-state index in [1.807, 2.05) is 0 Å². The Balaban J connectivity index is 2.41. The third-order valence-electron chi connectivity index (χ3n) is 2.20. The molecule has 0 aliphatic heterocycles. The molecule has 0 aromatic heterocycles. The summed E-state index contributed by atoms with van der Waals surface area (Å²) in [6, 6.07) is 7.72.